The molecule has 4 rings (SSSR count). The molecule has 0 saturated heterocycles. The van der Waals surface area contributed by atoms with Gasteiger partial charge in [-0.05, 0) is 36.1 Å². The summed E-state index contributed by atoms with van der Waals surface area (Å²) in [7, 11) is -4.48. The van der Waals surface area contributed by atoms with Gasteiger partial charge in [0, 0.05) is 12.6 Å². The van der Waals surface area contributed by atoms with E-state index in [1.807, 2.05) is 6.07 Å². The SMILES string of the molecule is CCC(=O)O.O=S(=O)(c1cc(C(F)(F)F)cnc1OCCO)N1CCOc2ccc(CC3CCCCC3)cc21. The van der Waals surface area contributed by atoms with E-state index >= 15 is 0 Å². The number of ether oxygens (including phenoxy) is 2. The number of fused-ring (bicyclic) bond motifs is 1. The Balaban J connectivity index is 0.000000771. The molecule has 0 atom stereocenters. The number of rotatable bonds is 8. The van der Waals surface area contributed by atoms with Gasteiger partial charge in [-0.1, -0.05) is 45.1 Å². The summed E-state index contributed by atoms with van der Waals surface area (Å²) < 4.78 is 79.2. The Kier molecular flexibility index (Phi) is 10.4. The highest BCUT2D eigenvalue weighted by Crippen LogP contribution is 2.40. The number of carbonyl (C=O) groups is 1. The van der Waals surface area contributed by atoms with E-state index in [1.54, 1.807) is 19.1 Å². The molecule has 216 valence electrons. The van der Waals surface area contributed by atoms with Crippen molar-refractivity contribution in [3.63, 3.8) is 0 Å². The molecule has 2 aromatic rings. The molecule has 1 saturated carbocycles. The largest absolute Gasteiger partial charge is 0.489 e. The number of halogens is 3. The number of aliphatic hydroxyl groups is 1. The number of carboxylic acids is 1. The minimum atomic E-state index is -4.79. The van der Waals surface area contributed by atoms with Crippen LogP contribution in [0.4, 0.5) is 18.9 Å². The predicted octanol–water partition coefficient (Wildman–Crippen LogP) is 4.66. The Hall–Kier alpha value is -3.06. The number of benzene rings is 1. The van der Waals surface area contributed by atoms with Crippen molar-refractivity contribution in [2.75, 3.05) is 30.7 Å². The normalized spacial score (nSPS) is 16.0. The van der Waals surface area contributed by atoms with Gasteiger partial charge in [-0.3, -0.25) is 9.10 Å². The summed E-state index contributed by atoms with van der Waals surface area (Å²) in [5, 5.41) is 16.8. The van der Waals surface area contributed by atoms with E-state index in [1.165, 1.54) is 19.3 Å². The second-order valence-electron chi connectivity index (χ2n) is 9.28. The number of aliphatic hydroxyl groups excluding tert-OH is 1. The van der Waals surface area contributed by atoms with Crippen molar-refractivity contribution < 1.29 is 46.1 Å². The Bertz CT molecular complexity index is 1230. The maximum absolute atomic E-state index is 13.6. The van der Waals surface area contributed by atoms with Crippen LogP contribution in [-0.4, -0.2) is 55.9 Å². The lowest BCUT2D eigenvalue weighted by molar-refractivity contribution is -0.138. The van der Waals surface area contributed by atoms with Gasteiger partial charge in [-0.25, -0.2) is 13.4 Å². The van der Waals surface area contributed by atoms with Crippen molar-refractivity contribution in [2.24, 2.45) is 5.92 Å². The molecule has 1 aliphatic heterocycles. The number of aromatic nitrogens is 1. The first-order valence-corrected chi connectivity index (χ1v) is 14.2. The first-order chi connectivity index (χ1) is 18.5. The Morgan fingerprint density at radius 2 is 1.90 bits per heavy atom. The molecular weight excluding hydrogens is 541 g/mol. The molecule has 39 heavy (non-hydrogen) atoms. The Morgan fingerprint density at radius 1 is 1.21 bits per heavy atom. The van der Waals surface area contributed by atoms with E-state index in [9.17, 15) is 26.4 Å². The third kappa shape index (κ3) is 7.98. The maximum atomic E-state index is 13.6. The molecule has 1 aliphatic carbocycles. The average Bonchev–Trinajstić information content (AvgIpc) is 2.91. The summed E-state index contributed by atoms with van der Waals surface area (Å²) in [6, 6.07) is 5.89. The topological polar surface area (TPSA) is 126 Å². The molecular formula is C26H33F3N2O7S. The zero-order chi connectivity index (χ0) is 28.6. The molecule has 2 heterocycles. The van der Waals surface area contributed by atoms with Crippen molar-refractivity contribution >= 4 is 21.7 Å². The van der Waals surface area contributed by atoms with E-state index in [2.05, 4.69) is 4.98 Å². The molecule has 0 amide bonds. The molecule has 0 bridgehead atoms. The van der Waals surface area contributed by atoms with Crippen LogP contribution in [0.25, 0.3) is 0 Å². The van der Waals surface area contributed by atoms with Crippen LogP contribution < -0.4 is 13.8 Å². The smallest absolute Gasteiger partial charge is 0.417 e. The third-order valence-electron chi connectivity index (χ3n) is 6.44. The van der Waals surface area contributed by atoms with Crippen LogP contribution in [0.15, 0.2) is 35.4 Å². The monoisotopic (exact) mass is 574 g/mol. The molecule has 0 radical (unpaired) electrons. The third-order valence-corrected chi connectivity index (χ3v) is 8.25. The summed E-state index contributed by atoms with van der Waals surface area (Å²) in [5.74, 6) is -0.369. The number of hydrogen-bond donors (Lipinski definition) is 2. The van der Waals surface area contributed by atoms with Crippen LogP contribution in [0.3, 0.4) is 0 Å². The molecule has 0 unspecified atom stereocenters. The van der Waals surface area contributed by atoms with Crippen molar-refractivity contribution in [3.8, 4) is 11.6 Å². The zero-order valence-electron chi connectivity index (χ0n) is 21.6. The number of carboxylic acid groups (broad SMARTS) is 1. The van der Waals surface area contributed by atoms with Gasteiger partial charge in [0.2, 0.25) is 5.88 Å². The van der Waals surface area contributed by atoms with Gasteiger partial charge >= 0.3 is 12.1 Å². The van der Waals surface area contributed by atoms with Crippen LogP contribution >= 0.6 is 0 Å². The van der Waals surface area contributed by atoms with Crippen molar-refractivity contribution in [3.05, 3.63) is 41.6 Å². The number of sulfonamides is 1. The van der Waals surface area contributed by atoms with Crippen molar-refractivity contribution in [1.82, 2.24) is 4.98 Å². The highest BCUT2D eigenvalue weighted by atomic mass is 32.2. The summed E-state index contributed by atoms with van der Waals surface area (Å²) in [6.07, 6.45) is 2.58. The minimum Gasteiger partial charge on any atom is -0.489 e. The summed E-state index contributed by atoms with van der Waals surface area (Å²) in [6.45, 7) is 0.812. The lowest BCUT2D eigenvalue weighted by Gasteiger charge is -2.31. The zero-order valence-corrected chi connectivity index (χ0v) is 22.4. The van der Waals surface area contributed by atoms with Gasteiger partial charge in [0.25, 0.3) is 10.0 Å². The summed E-state index contributed by atoms with van der Waals surface area (Å²) in [4.78, 5) is 12.3. The van der Waals surface area contributed by atoms with E-state index in [0.717, 1.165) is 29.1 Å². The van der Waals surface area contributed by atoms with Crippen LogP contribution in [0.2, 0.25) is 0 Å². The van der Waals surface area contributed by atoms with Gasteiger partial charge in [-0.2, -0.15) is 13.2 Å². The van der Waals surface area contributed by atoms with Crippen LogP contribution in [0, 0.1) is 5.92 Å². The summed E-state index contributed by atoms with van der Waals surface area (Å²) >= 11 is 0. The molecule has 0 spiro atoms. The van der Waals surface area contributed by atoms with Crippen molar-refractivity contribution in [1.29, 1.82) is 0 Å². The second-order valence-corrected chi connectivity index (χ2v) is 11.1. The van der Waals surface area contributed by atoms with Gasteiger partial charge in [-0.15, -0.1) is 0 Å². The molecule has 1 aromatic heterocycles. The highest BCUT2D eigenvalue weighted by Gasteiger charge is 2.38. The Labute approximate surface area is 225 Å². The van der Waals surface area contributed by atoms with E-state index in [-0.39, 0.29) is 31.9 Å². The molecule has 2 aliphatic rings. The predicted molar refractivity (Wildman–Crippen MR) is 136 cm³/mol. The van der Waals surface area contributed by atoms with Gasteiger partial charge in [0.15, 0.2) is 4.90 Å². The van der Waals surface area contributed by atoms with Crippen LogP contribution in [0.1, 0.15) is 56.6 Å². The fraction of sp³-hybridized carbons (Fsp3) is 0.538. The summed E-state index contributed by atoms with van der Waals surface area (Å²) in [5.41, 5.74) is 0.0299. The van der Waals surface area contributed by atoms with E-state index in [4.69, 9.17) is 19.7 Å². The van der Waals surface area contributed by atoms with Gasteiger partial charge in [0.1, 0.15) is 19.0 Å². The number of nitrogens with zero attached hydrogens (tertiary/aromatic N) is 2. The Morgan fingerprint density at radius 3 is 2.51 bits per heavy atom. The standard InChI is InChI=1S/C23H27F3N2O5S.C3H6O2/c24-23(25,26)18-14-21(22(27-15-18)33-11-9-29)34(30,31)28-8-10-32-20-7-6-17(13-19(20)28)12-16-4-2-1-3-5-16;1-2-3(4)5/h6-7,13-16,29H,1-5,8-12H2;2H2,1H3,(H,4,5). The first-order valence-electron chi connectivity index (χ1n) is 12.8. The highest BCUT2D eigenvalue weighted by molar-refractivity contribution is 7.93. The quantitative estimate of drug-likeness (QED) is 0.466. The number of alkyl halides is 3. The van der Waals surface area contributed by atoms with Crippen molar-refractivity contribution in [2.45, 2.75) is 62.9 Å². The molecule has 2 N–H and O–H groups in total. The van der Waals surface area contributed by atoms with Gasteiger partial charge < -0.3 is 19.7 Å². The van der Waals surface area contributed by atoms with E-state index in [0.29, 0.717) is 23.9 Å². The number of pyridine rings is 1. The number of aliphatic carboxylic acids is 1. The second kappa shape index (κ2) is 13.3. The molecule has 9 nitrogen and oxygen atoms in total. The average molecular weight is 575 g/mol. The van der Waals surface area contributed by atoms with Crippen LogP contribution in [-0.2, 0) is 27.4 Å². The van der Waals surface area contributed by atoms with E-state index < -0.39 is 45.1 Å². The minimum absolute atomic E-state index is 0.0490. The maximum Gasteiger partial charge on any atom is 0.417 e. The number of anilines is 1. The van der Waals surface area contributed by atoms with Crippen LogP contribution in [0.5, 0.6) is 11.6 Å². The molecule has 13 heteroatoms. The fourth-order valence-electron chi connectivity index (χ4n) is 4.48. The molecule has 1 fully saturated rings. The lowest BCUT2D eigenvalue weighted by Crippen LogP contribution is -2.38. The number of hydrogen-bond acceptors (Lipinski definition) is 7. The first kappa shape index (κ1) is 30.5. The molecule has 1 aromatic carbocycles. The fourth-order valence-corrected chi connectivity index (χ4v) is 6.04. The lowest BCUT2D eigenvalue weighted by atomic mass is 9.85. The van der Waals surface area contributed by atoms with Gasteiger partial charge in [0.05, 0.1) is 24.4 Å².